The zero-order chi connectivity index (χ0) is 9.03. The Bertz CT molecular complexity index is 166. The highest BCUT2D eigenvalue weighted by atomic mass is 16.1. The van der Waals surface area contributed by atoms with Crippen molar-refractivity contribution in [1.82, 2.24) is 16.2 Å². The molecule has 1 saturated heterocycles. The molecule has 4 nitrogen and oxygen atoms in total. The molecule has 0 spiro atoms. The third kappa shape index (κ3) is 3.19. The standard InChI is InChI=1S/C8H17N3O/c1-3-6-9-7(12)4-5-8(2)10-11-8/h10-11H,3-6H2,1-2H3,(H,9,12). The van der Waals surface area contributed by atoms with Gasteiger partial charge in [0, 0.05) is 13.0 Å². The molecule has 1 amide bonds. The van der Waals surface area contributed by atoms with Gasteiger partial charge in [-0.05, 0) is 19.8 Å². The van der Waals surface area contributed by atoms with E-state index in [2.05, 4.69) is 16.2 Å². The minimum absolute atomic E-state index is 0.0174. The van der Waals surface area contributed by atoms with E-state index in [1.165, 1.54) is 0 Å². The summed E-state index contributed by atoms with van der Waals surface area (Å²) in [4.78, 5) is 11.1. The molecule has 0 aromatic carbocycles. The van der Waals surface area contributed by atoms with Gasteiger partial charge in [0.2, 0.25) is 5.91 Å². The van der Waals surface area contributed by atoms with Crippen molar-refractivity contribution in [3.8, 4) is 0 Å². The van der Waals surface area contributed by atoms with Gasteiger partial charge in [-0.1, -0.05) is 6.92 Å². The Hall–Kier alpha value is -0.610. The van der Waals surface area contributed by atoms with Gasteiger partial charge in [0.15, 0.2) is 0 Å². The van der Waals surface area contributed by atoms with Crippen LogP contribution in [0.1, 0.15) is 33.1 Å². The maximum absolute atomic E-state index is 11.1. The van der Waals surface area contributed by atoms with Crippen LogP contribution in [0, 0.1) is 0 Å². The molecule has 1 fully saturated rings. The van der Waals surface area contributed by atoms with Crippen molar-refractivity contribution in [2.75, 3.05) is 6.54 Å². The van der Waals surface area contributed by atoms with Gasteiger partial charge >= 0.3 is 0 Å². The second-order valence-corrected chi connectivity index (χ2v) is 3.43. The molecule has 12 heavy (non-hydrogen) atoms. The highest BCUT2D eigenvalue weighted by Gasteiger charge is 2.35. The fraction of sp³-hybridized carbons (Fsp3) is 0.875. The van der Waals surface area contributed by atoms with Crippen LogP contribution in [0.2, 0.25) is 0 Å². The fourth-order valence-electron chi connectivity index (χ4n) is 0.948. The Labute approximate surface area is 73.1 Å². The van der Waals surface area contributed by atoms with Crippen LogP contribution in [0.25, 0.3) is 0 Å². The summed E-state index contributed by atoms with van der Waals surface area (Å²) in [6.45, 7) is 4.88. The average Bonchev–Trinajstić information content (AvgIpc) is 2.77. The molecule has 0 unspecified atom stereocenters. The predicted octanol–water partition coefficient (Wildman–Crippen LogP) is 0.117. The Balaban J connectivity index is 2.02. The molecule has 3 N–H and O–H groups in total. The van der Waals surface area contributed by atoms with E-state index in [-0.39, 0.29) is 11.6 Å². The summed E-state index contributed by atoms with van der Waals surface area (Å²) in [7, 11) is 0. The lowest BCUT2D eigenvalue weighted by molar-refractivity contribution is -0.121. The fourth-order valence-corrected chi connectivity index (χ4v) is 0.948. The summed E-state index contributed by atoms with van der Waals surface area (Å²) < 4.78 is 0. The Kier molecular flexibility index (Phi) is 3.05. The van der Waals surface area contributed by atoms with Gasteiger partial charge in [-0.25, -0.2) is 10.9 Å². The van der Waals surface area contributed by atoms with E-state index in [1.54, 1.807) is 0 Å². The van der Waals surface area contributed by atoms with E-state index < -0.39 is 0 Å². The van der Waals surface area contributed by atoms with Gasteiger partial charge in [0.05, 0.1) is 5.66 Å². The number of carbonyl (C=O) groups excluding carboxylic acids is 1. The summed E-state index contributed by atoms with van der Waals surface area (Å²) in [6.07, 6.45) is 2.44. The van der Waals surface area contributed by atoms with Crippen LogP contribution in [-0.2, 0) is 4.79 Å². The molecule has 0 aromatic rings. The molecule has 1 heterocycles. The van der Waals surface area contributed by atoms with E-state index in [0.717, 1.165) is 19.4 Å². The predicted molar refractivity (Wildman–Crippen MR) is 47.2 cm³/mol. The summed E-state index contributed by atoms with van der Waals surface area (Å²) in [5, 5.41) is 2.84. The number of amides is 1. The van der Waals surface area contributed by atoms with Crippen molar-refractivity contribution in [1.29, 1.82) is 0 Å². The van der Waals surface area contributed by atoms with Crippen molar-refractivity contribution < 1.29 is 4.79 Å². The summed E-state index contributed by atoms with van der Waals surface area (Å²) in [5.41, 5.74) is 6.00. The summed E-state index contributed by atoms with van der Waals surface area (Å²) in [6, 6.07) is 0. The van der Waals surface area contributed by atoms with Crippen molar-refractivity contribution in [2.24, 2.45) is 0 Å². The van der Waals surface area contributed by atoms with Gasteiger partial charge < -0.3 is 5.32 Å². The number of hydrogen-bond acceptors (Lipinski definition) is 3. The van der Waals surface area contributed by atoms with Gasteiger partial charge in [0.1, 0.15) is 0 Å². The second-order valence-electron chi connectivity index (χ2n) is 3.43. The maximum Gasteiger partial charge on any atom is 0.220 e. The van der Waals surface area contributed by atoms with Crippen molar-refractivity contribution in [2.45, 2.75) is 38.8 Å². The second kappa shape index (κ2) is 3.87. The van der Waals surface area contributed by atoms with Gasteiger partial charge in [-0.3, -0.25) is 4.79 Å². The SMILES string of the molecule is CCCNC(=O)CCC1(C)NN1. The normalized spacial score (nSPS) is 18.8. The third-order valence-corrected chi connectivity index (χ3v) is 1.98. The smallest absolute Gasteiger partial charge is 0.220 e. The zero-order valence-electron chi connectivity index (χ0n) is 7.74. The van der Waals surface area contributed by atoms with Crippen LogP contribution in [0.5, 0.6) is 0 Å². The molecule has 0 saturated carbocycles. The molecule has 0 atom stereocenters. The lowest BCUT2D eigenvalue weighted by Crippen LogP contribution is -2.26. The van der Waals surface area contributed by atoms with Gasteiger partial charge in [-0.2, -0.15) is 0 Å². The minimum Gasteiger partial charge on any atom is -0.356 e. The van der Waals surface area contributed by atoms with Crippen molar-refractivity contribution in [3.63, 3.8) is 0 Å². The highest BCUT2D eigenvalue weighted by molar-refractivity contribution is 5.75. The van der Waals surface area contributed by atoms with E-state index in [1.807, 2.05) is 13.8 Å². The van der Waals surface area contributed by atoms with E-state index in [4.69, 9.17) is 0 Å². The molecular formula is C8H17N3O. The first-order valence-electron chi connectivity index (χ1n) is 4.47. The molecule has 70 valence electrons. The van der Waals surface area contributed by atoms with Crippen LogP contribution in [-0.4, -0.2) is 18.1 Å². The van der Waals surface area contributed by atoms with Crippen LogP contribution in [0.3, 0.4) is 0 Å². The van der Waals surface area contributed by atoms with Gasteiger partial charge in [0.25, 0.3) is 0 Å². The number of nitrogens with one attached hydrogen (secondary N) is 3. The van der Waals surface area contributed by atoms with E-state index in [0.29, 0.717) is 6.42 Å². The largest absolute Gasteiger partial charge is 0.356 e. The topological polar surface area (TPSA) is 73.0 Å². The minimum atomic E-state index is 0.0174. The van der Waals surface area contributed by atoms with Crippen LogP contribution in [0.15, 0.2) is 0 Å². The number of hydrazine groups is 1. The molecule has 0 aromatic heterocycles. The highest BCUT2D eigenvalue weighted by Crippen LogP contribution is 2.15. The maximum atomic E-state index is 11.1. The molecule has 0 aliphatic carbocycles. The van der Waals surface area contributed by atoms with Crippen molar-refractivity contribution in [3.05, 3.63) is 0 Å². The van der Waals surface area contributed by atoms with E-state index in [9.17, 15) is 4.79 Å². The lowest BCUT2D eigenvalue weighted by atomic mass is 10.1. The molecule has 0 bridgehead atoms. The summed E-state index contributed by atoms with van der Waals surface area (Å²) in [5.74, 6) is 0.147. The number of carbonyl (C=O) groups is 1. The average molecular weight is 171 g/mol. The Morgan fingerprint density at radius 1 is 1.50 bits per heavy atom. The molecule has 1 rings (SSSR count). The van der Waals surface area contributed by atoms with Crippen LogP contribution < -0.4 is 16.2 Å². The van der Waals surface area contributed by atoms with Crippen molar-refractivity contribution >= 4 is 5.91 Å². The third-order valence-electron chi connectivity index (χ3n) is 1.98. The Morgan fingerprint density at radius 2 is 2.17 bits per heavy atom. The first-order valence-corrected chi connectivity index (χ1v) is 4.47. The lowest BCUT2D eigenvalue weighted by Gasteiger charge is -2.05. The molecule has 4 heteroatoms. The number of rotatable bonds is 5. The number of hydrogen-bond donors (Lipinski definition) is 3. The molecule has 1 aliphatic rings. The first-order chi connectivity index (χ1) is 5.66. The zero-order valence-corrected chi connectivity index (χ0v) is 7.74. The van der Waals surface area contributed by atoms with Crippen LogP contribution >= 0.6 is 0 Å². The summed E-state index contributed by atoms with van der Waals surface area (Å²) >= 11 is 0. The van der Waals surface area contributed by atoms with Gasteiger partial charge in [-0.15, -0.1) is 0 Å². The Morgan fingerprint density at radius 3 is 2.67 bits per heavy atom. The quantitative estimate of drug-likeness (QED) is 0.514. The molecular weight excluding hydrogens is 154 g/mol. The van der Waals surface area contributed by atoms with Crippen LogP contribution in [0.4, 0.5) is 0 Å². The molecule has 1 aliphatic heterocycles. The van der Waals surface area contributed by atoms with E-state index >= 15 is 0 Å². The first kappa shape index (κ1) is 9.48. The molecule has 0 radical (unpaired) electrons. The monoisotopic (exact) mass is 171 g/mol.